The maximum atomic E-state index is 12.6. The first kappa shape index (κ1) is 14.3. The van der Waals surface area contributed by atoms with Gasteiger partial charge in [0.05, 0.1) is 0 Å². The van der Waals surface area contributed by atoms with E-state index in [1.54, 1.807) is 11.0 Å². The average molecular weight is 349 g/mol. The van der Waals surface area contributed by atoms with Gasteiger partial charge < -0.3 is 9.88 Å². The maximum Gasteiger partial charge on any atom is 0.259 e. The Balaban J connectivity index is 2.03. The van der Waals surface area contributed by atoms with Crippen LogP contribution < -0.4 is 5.43 Å². The fraction of sp³-hybridized carbons (Fsp3) is 0.375. The Kier molecular flexibility index (Phi) is 3.61. The second kappa shape index (κ2) is 5.30. The summed E-state index contributed by atoms with van der Waals surface area (Å²) in [6.07, 6.45) is 1.54. The van der Waals surface area contributed by atoms with Gasteiger partial charge in [0.15, 0.2) is 0 Å². The van der Waals surface area contributed by atoms with Crippen LogP contribution in [0.5, 0.6) is 0 Å². The standard InChI is InChI=1S/C16H17BrN2O2/c1-9-7-19(8-10(9)2)16(21)13-6-18-14-4-3-11(17)5-12(14)15(13)20/h3-6,9-10H,7-8H2,1-2H3,(H,18,20). The number of halogens is 1. The lowest BCUT2D eigenvalue weighted by Crippen LogP contribution is -2.32. The zero-order valence-corrected chi connectivity index (χ0v) is 13.6. The fourth-order valence-corrected chi connectivity index (χ4v) is 3.18. The number of rotatable bonds is 1. The van der Waals surface area contributed by atoms with Gasteiger partial charge in [0.2, 0.25) is 5.43 Å². The van der Waals surface area contributed by atoms with Gasteiger partial charge in [-0.15, -0.1) is 0 Å². The summed E-state index contributed by atoms with van der Waals surface area (Å²) in [7, 11) is 0. The minimum atomic E-state index is -0.206. The van der Waals surface area contributed by atoms with Gasteiger partial charge in [-0.25, -0.2) is 0 Å². The minimum absolute atomic E-state index is 0.172. The SMILES string of the molecule is CC1CN(C(=O)c2c[nH]c3ccc(Br)cc3c2=O)CC1C. The summed E-state index contributed by atoms with van der Waals surface area (Å²) in [4.78, 5) is 30.0. The number of aromatic amines is 1. The Morgan fingerprint density at radius 2 is 1.95 bits per heavy atom. The van der Waals surface area contributed by atoms with E-state index in [9.17, 15) is 9.59 Å². The molecule has 2 unspecified atom stereocenters. The zero-order valence-electron chi connectivity index (χ0n) is 12.0. The first-order chi connectivity index (χ1) is 9.97. The number of aromatic nitrogens is 1. The molecule has 1 fully saturated rings. The van der Waals surface area contributed by atoms with Crippen LogP contribution in [0.25, 0.3) is 10.9 Å². The molecule has 1 aliphatic heterocycles. The van der Waals surface area contributed by atoms with Crippen molar-refractivity contribution < 1.29 is 4.79 Å². The molecule has 0 bridgehead atoms. The largest absolute Gasteiger partial charge is 0.360 e. The highest BCUT2D eigenvalue weighted by atomic mass is 79.9. The lowest BCUT2D eigenvalue weighted by molar-refractivity contribution is 0.0783. The summed E-state index contributed by atoms with van der Waals surface area (Å²) < 4.78 is 0.827. The molecule has 0 aliphatic carbocycles. The quantitative estimate of drug-likeness (QED) is 0.861. The van der Waals surface area contributed by atoms with Crippen molar-refractivity contribution >= 4 is 32.7 Å². The molecule has 1 aromatic heterocycles. The van der Waals surface area contributed by atoms with Gasteiger partial charge in [-0.2, -0.15) is 0 Å². The van der Waals surface area contributed by atoms with Crippen LogP contribution in [0.2, 0.25) is 0 Å². The number of hydrogen-bond donors (Lipinski definition) is 1. The van der Waals surface area contributed by atoms with Crippen LogP contribution in [-0.4, -0.2) is 28.9 Å². The number of pyridine rings is 1. The minimum Gasteiger partial charge on any atom is -0.360 e. The van der Waals surface area contributed by atoms with Crippen LogP contribution in [-0.2, 0) is 0 Å². The molecule has 1 aromatic carbocycles. The van der Waals surface area contributed by atoms with Crippen molar-refractivity contribution in [1.82, 2.24) is 9.88 Å². The van der Waals surface area contributed by atoms with Gasteiger partial charge in [-0.05, 0) is 30.0 Å². The Labute approximate surface area is 131 Å². The first-order valence-corrected chi connectivity index (χ1v) is 7.87. The number of benzene rings is 1. The molecule has 1 N–H and O–H groups in total. The number of amides is 1. The first-order valence-electron chi connectivity index (χ1n) is 7.07. The summed E-state index contributed by atoms with van der Waals surface area (Å²) in [5.41, 5.74) is 0.757. The number of nitrogens with zero attached hydrogens (tertiary/aromatic N) is 1. The number of carbonyl (C=O) groups is 1. The van der Waals surface area contributed by atoms with E-state index >= 15 is 0 Å². The molecule has 1 saturated heterocycles. The second-order valence-corrected chi connectivity index (χ2v) is 6.80. The van der Waals surface area contributed by atoms with Crippen molar-refractivity contribution in [3.05, 3.63) is 44.7 Å². The lowest BCUT2D eigenvalue weighted by atomic mass is 10.0. The highest BCUT2D eigenvalue weighted by Gasteiger charge is 2.31. The van der Waals surface area contributed by atoms with Gasteiger partial charge in [0.1, 0.15) is 5.56 Å². The molecule has 2 atom stereocenters. The van der Waals surface area contributed by atoms with E-state index in [4.69, 9.17) is 0 Å². The Morgan fingerprint density at radius 1 is 1.29 bits per heavy atom. The second-order valence-electron chi connectivity index (χ2n) is 5.89. The summed E-state index contributed by atoms with van der Waals surface area (Å²) in [5.74, 6) is 0.777. The number of carbonyl (C=O) groups excluding carboxylic acids is 1. The normalized spacial score (nSPS) is 22.0. The number of likely N-dealkylation sites (tertiary alicyclic amines) is 1. The molecule has 3 rings (SSSR count). The average Bonchev–Trinajstić information content (AvgIpc) is 2.79. The summed E-state index contributed by atoms with van der Waals surface area (Å²) >= 11 is 3.36. The van der Waals surface area contributed by atoms with Crippen molar-refractivity contribution in [3.8, 4) is 0 Å². The number of nitrogens with one attached hydrogen (secondary N) is 1. The van der Waals surface area contributed by atoms with E-state index in [0.717, 1.165) is 23.1 Å². The van der Waals surface area contributed by atoms with Crippen molar-refractivity contribution in [3.63, 3.8) is 0 Å². The van der Waals surface area contributed by atoms with Gasteiger partial charge in [-0.3, -0.25) is 9.59 Å². The van der Waals surface area contributed by atoms with E-state index in [2.05, 4.69) is 34.8 Å². The third kappa shape index (κ3) is 2.50. The lowest BCUT2D eigenvalue weighted by Gasteiger charge is -2.15. The topological polar surface area (TPSA) is 53.2 Å². The van der Waals surface area contributed by atoms with E-state index in [1.807, 2.05) is 12.1 Å². The predicted molar refractivity (Wildman–Crippen MR) is 86.5 cm³/mol. The van der Waals surface area contributed by atoms with Crippen LogP contribution in [0.3, 0.4) is 0 Å². The summed E-state index contributed by atoms with van der Waals surface area (Å²) in [5, 5.41) is 0.538. The van der Waals surface area contributed by atoms with Crippen molar-refractivity contribution in [2.24, 2.45) is 11.8 Å². The van der Waals surface area contributed by atoms with Crippen molar-refractivity contribution in [1.29, 1.82) is 0 Å². The Bertz CT molecular complexity index is 758. The van der Waals surface area contributed by atoms with E-state index in [1.165, 1.54) is 6.20 Å². The Hall–Kier alpha value is -1.62. The molecule has 1 aliphatic rings. The van der Waals surface area contributed by atoms with Crippen molar-refractivity contribution in [2.75, 3.05) is 13.1 Å². The van der Waals surface area contributed by atoms with E-state index in [0.29, 0.717) is 17.2 Å². The predicted octanol–water partition coefficient (Wildman–Crippen LogP) is 3.02. The molecule has 4 nitrogen and oxygen atoms in total. The molecule has 0 saturated carbocycles. The highest BCUT2D eigenvalue weighted by Crippen LogP contribution is 2.23. The zero-order chi connectivity index (χ0) is 15.1. The third-order valence-corrected chi connectivity index (χ3v) is 4.84. The molecule has 5 heteroatoms. The van der Waals surface area contributed by atoms with Gasteiger partial charge >= 0.3 is 0 Å². The molecule has 2 heterocycles. The molecule has 21 heavy (non-hydrogen) atoms. The van der Waals surface area contributed by atoms with Crippen molar-refractivity contribution in [2.45, 2.75) is 13.8 Å². The van der Waals surface area contributed by atoms with Crippen LogP contribution >= 0.6 is 15.9 Å². The molecule has 1 amide bonds. The number of fused-ring (bicyclic) bond motifs is 1. The molecular weight excluding hydrogens is 332 g/mol. The summed E-state index contributed by atoms with van der Waals surface area (Å²) in [6, 6.07) is 5.44. The monoisotopic (exact) mass is 348 g/mol. The van der Waals surface area contributed by atoms with Gasteiger partial charge in [0, 0.05) is 34.7 Å². The smallest absolute Gasteiger partial charge is 0.259 e. The third-order valence-electron chi connectivity index (χ3n) is 4.35. The highest BCUT2D eigenvalue weighted by molar-refractivity contribution is 9.10. The molecule has 0 spiro atoms. The van der Waals surface area contributed by atoms with Crippen LogP contribution in [0, 0.1) is 11.8 Å². The van der Waals surface area contributed by atoms with E-state index in [-0.39, 0.29) is 16.9 Å². The number of hydrogen-bond acceptors (Lipinski definition) is 2. The van der Waals surface area contributed by atoms with Crippen LogP contribution in [0.15, 0.2) is 33.7 Å². The molecular formula is C16H17BrN2O2. The van der Waals surface area contributed by atoms with E-state index < -0.39 is 0 Å². The Morgan fingerprint density at radius 3 is 2.62 bits per heavy atom. The van der Waals surface area contributed by atoms with Crippen LogP contribution in [0.1, 0.15) is 24.2 Å². The molecule has 2 aromatic rings. The van der Waals surface area contributed by atoms with Crippen LogP contribution in [0.4, 0.5) is 0 Å². The van der Waals surface area contributed by atoms with Gasteiger partial charge in [-0.1, -0.05) is 29.8 Å². The van der Waals surface area contributed by atoms with Gasteiger partial charge in [0.25, 0.3) is 5.91 Å². The molecule has 0 radical (unpaired) electrons. The number of H-pyrrole nitrogens is 1. The maximum absolute atomic E-state index is 12.6. The summed E-state index contributed by atoms with van der Waals surface area (Å²) in [6.45, 7) is 5.71. The molecule has 110 valence electrons. The fourth-order valence-electron chi connectivity index (χ4n) is 2.82.